The van der Waals surface area contributed by atoms with E-state index in [1.54, 1.807) is 24.4 Å². The molecule has 0 amide bonds. The fourth-order valence-corrected chi connectivity index (χ4v) is 4.71. The van der Waals surface area contributed by atoms with Crippen molar-refractivity contribution < 1.29 is 0 Å². The van der Waals surface area contributed by atoms with E-state index >= 15 is 0 Å². The van der Waals surface area contributed by atoms with Crippen LogP contribution in [-0.4, -0.2) is 19.9 Å². The predicted molar refractivity (Wildman–Crippen MR) is 111 cm³/mol. The molecule has 0 bridgehead atoms. The smallest absolute Gasteiger partial charge is 0.181 e. The van der Waals surface area contributed by atoms with Crippen LogP contribution in [0.4, 0.5) is 5.82 Å². The first-order valence-electron chi connectivity index (χ1n) is 8.01. The first-order chi connectivity index (χ1) is 13.0. The van der Waals surface area contributed by atoms with Gasteiger partial charge in [-0.1, -0.05) is 23.2 Å². The van der Waals surface area contributed by atoms with Gasteiger partial charge in [0.05, 0.1) is 20.3 Å². The zero-order chi connectivity index (χ0) is 19.1. The van der Waals surface area contributed by atoms with E-state index in [1.807, 2.05) is 13.0 Å². The fraction of sp³-hybridized carbons (Fsp3) is 0.111. The van der Waals surface area contributed by atoms with Crippen molar-refractivity contribution in [3.63, 3.8) is 0 Å². The normalized spacial score (nSPS) is 11.3. The summed E-state index contributed by atoms with van der Waals surface area (Å²) in [5.74, 6) is 0.855. The van der Waals surface area contributed by atoms with E-state index in [-0.39, 0.29) is 0 Å². The molecule has 6 nitrogen and oxygen atoms in total. The number of hydrogen-bond acceptors (Lipinski definition) is 7. The first kappa shape index (κ1) is 18.1. The van der Waals surface area contributed by atoms with E-state index < -0.39 is 0 Å². The van der Waals surface area contributed by atoms with Gasteiger partial charge in [0, 0.05) is 30.1 Å². The largest absolute Gasteiger partial charge is 0.384 e. The Labute approximate surface area is 169 Å². The van der Waals surface area contributed by atoms with Crippen LogP contribution in [0.1, 0.15) is 11.3 Å². The van der Waals surface area contributed by atoms with Crippen molar-refractivity contribution in [2.45, 2.75) is 13.5 Å². The Morgan fingerprint density at radius 2 is 1.81 bits per heavy atom. The summed E-state index contributed by atoms with van der Waals surface area (Å²) in [6.07, 6.45) is 1.67. The molecule has 0 atom stereocenters. The van der Waals surface area contributed by atoms with Gasteiger partial charge in [0.1, 0.15) is 16.5 Å². The third kappa shape index (κ3) is 3.35. The van der Waals surface area contributed by atoms with Gasteiger partial charge in [-0.2, -0.15) is 0 Å². The third-order valence-corrected chi connectivity index (χ3v) is 5.63. The molecule has 136 valence electrons. The van der Waals surface area contributed by atoms with Crippen molar-refractivity contribution in [1.82, 2.24) is 19.9 Å². The summed E-state index contributed by atoms with van der Waals surface area (Å²) in [6.45, 7) is 2.22. The first-order valence-corrected chi connectivity index (χ1v) is 9.59. The number of fused-ring (bicyclic) bond motifs is 1. The Morgan fingerprint density at radius 3 is 2.48 bits per heavy atom. The predicted octanol–water partition coefficient (Wildman–Crippen LogP) is 4.47. The molecule has 4 rings (SSSR count). The summed E-state index contributed by atoms with van der Waals surface area (Å²) < 4.78 is 0.840. The number of nitrogens with two attached hydrogens (primary N) is 2. The SMILES string of the molecule is Cc1cc(N)nc(-c2nccc3nc(-c4c(Cl)cc(CN)cc4Cl)sc23)n1. The highest BCUT2D eigenvalue weighted by Gasteiger charge is 2.18. The maximum absolute atomic E-state index is 6.44. The number of thiazole rings is 1. The Bertz CT molecular complexity index is 1130. The Hall–Kier alpha value is -2.32. The van der Waals surface area contributed by atoms with Crippen molar-refractivity contribution >= 4 is 50.6 Å². The molecule has 0 fully saturated rings. The van der Waals surface area contributed by atoms with E-state index in [0.29, 0.717) is 44.5 Å². The molecular formula is C18H14Cl2N6S. The molecule has 0 spiro atoms. The molecule has 0 unspecified atom stereocenters. The van der Waals surface area contributed by atoms with Gasteiger partial charge in [-0.15, -0.1) is 11.3 Å². The lowest BCUT2D eigenvalue weighted by atomic mass is 10.1. The monoisotopic (exact) mass is 416 g/mol. The number of pyridine rings is 1. The summed E-state index contributed by atoms with van der Waals surface area (Å²) in [7, 11) is 0. The van der Waals surface area contributed by atoms with Crippen LogP contribution in [0.15, 0.2) is 30.5 Å². The van der Waals surface area contributed by atoms with Crippen LogP contribution in [0.5, 0.6) is 0 Å². The number of rotatable bonds is 3. The molecule has 3 heterocycles. The second-order valence-electron chi connectivity index (χ2n) is 5.92. The average molecular weight is 417 g/mol. The quantitative estimate of drug-likeness (QED) is 0.510. The Morgan fingerprint density at radius 1 is 1.07 bits per heavy atom. The van der Waals surface area contributed by atoms with Gasteiger partial charge >= 0.3 is 0 Å². The highest BCUT2D eigenvalue weighted by Crippen LogP contribution is 2.41. The van der Waals surface area contributed by atoms with Gasteiger partial charge in [-0.3, -0.25) is 4.98 Å². The number of benzene rings is 1. The second kappa shape index (κ2) is 7.01. The van der Waals surface area contributed by atoms with Crippen molar-refractivity contribution in [1.29, 1.82) is 0 Å². The molecule has 0 radical (unpaired) electrons. The number of anilines is 1. The van der Waals surface area contributed by atoms with E-state index in [2.05, 4.69) is 19.9 Å². The standard InChI is InChI=1S/C18H14Cl2N6S/c1-8-4-13(22)26-17(24-8)15-16-12(2-3-23-15)25-18(27-16)14-10(19)5-9(7-21)6-11(14)20/h2-6H,7,21H2,1H3,(H2,22,24,26). The molecule has 1 aromatic carbocycles. The molecule has 3 aromatic heterocycles. The number of hydrogen-bond donors (Lipinski definition) is 2. The lowest BCUT2D eigenvalue weighted by molar-refractivity contribution is 1.07. The molecule has 0 aliphatic heterocycles. The van der Waals surface area contributed by atoms with Crippen LogP contribution in [0.3, 0.4) is 0 Å². The van der Waals surface area contributed by atoms with Gasteiger partial charge in [0.15, 0.2) is 5.82 Å². The minimum Gasteiger partial charge on any atom is -0.384 e. The maximum Gasteiger partial charge on any atom is 0.181 e. The highest BCUT2D eigenvalue weighted by atomic mass is 35.5. The van der Waals surface area contributed by atoms with Crippen LogP contribution < -0.4 is 11.5 Å². The fourth-order valence-electron chi connectivity index (χ4n) is 2.77. The molecule has 0 aliphatic rings. The zero-order valence-corrected chi connectivity index (χ0v) is 16.5. The number of aryl methyl sites for hydroxylation is 1. The van der Waals surface area contributed by atoms with Gasteiger partial charge in [-0.25, -0.2) is 15.0 Å². The molecule has 0 aliphatic carbocycles. The molecular weight excluding hydrogens is 403 g/mol. The molecule has 4 aromatic rings. The lowest BCUT2D eigenvalue weighted by Crippen LogP contribution is -1.98. The molecule has 4 N–H and O–H groups in total. The lowest BCUT2D eigenvalue weighted by Gasteiger charge is -2.06. The van der Waals surface area contributed by atoms with Crippen LogP contribution in [0.25, 0.3) is 32.3 Å². The number of halogens is 2. The molecule has 27 heavy (non-hydrogen) atoms. The van der Waals surface area contributed by atoms with Gasteiger partial charge < -0.3 is 11.5 Å². The maximum atomic E-state index is 6.44. The number of nitrogens with zero attached hydrogens (tertiary/aromatic N) is 4. The second-order valence-corrected chi connectivity index (χ2v) is 7.74. The van der Waals surface area contributed by atoms with Crippen molar-refractivity contribution in [2.75, 3.05) is 5.73 Å². The minimum absolute atomic E-state index is 0.361. The Kier molecular flexibility index (Phi) is 4.69. The van der Waals surface area contributed by atoms with Crippen LogP contribution in [0.2, 0.25) is 10.0 Å². The van der Waals surface area contributed by atoms with Crippen molar-refractivity contribution in [3.8, 4) is 22.1 Å². The van der Waals surface area contributed by atoms with Gasteiger partial charge in [-0.05, 0) is 30.7 Å². The molecule has 0 saturated heterocycles. The van der Waals surface area contributed by atoms with Crippen molar-refractivity contribution in [2.24, 2.45) is 5.73 Å². The number of nitrogen functional groups attached to an aromatic ring is 1. The minimum atomic E-state index is 0.361. The van der Waals surface area contributed by atoms with Crippen LogP contribution in [-0.2, 0) is 6.54 Å². The summed E-state index contributed by atoms with van der Waals surface area (Å²) in [5.41, 5.74) is 15.2. The van der Waals surface area contributed by atoms with E-state index in [9.17, 15) is 0 Å². The van der Waals surface area contributed by atoms with E-state index in [0.717, 1.165) is 21.5 Å². The molecule has 0 saturated carbocycles. The average Bonchev–Trinajstić information content (AvgIpc) is 3.03. The van der Waals surface area contributed by atoms with Gasteiger partial charge in [0.2, 0.25) is 0 Å². The van der Waals surface area contributed by atoms with E-state index in [4.69, 9.17) is 34.7 Å². The summed E-state index contributed by atoms with van der Waals surface area (Å²) in [4.78, 5) is 17.9. The molecule has 9 heteroatoms. The third-order valence-electron chi connectivity index (χ3n) is 3.94. The number of aromatic nitrogens is 4. The Balaban J connectivity index is 1.92. The topological polar surface area (TPSA) is 104 Å². The highest BCUT2D eigenvalue weighted by molar-refractivity contribution is 7.22. The van der Waals surface area contributed by atoms with Crippen LogP contribution in [0, 0.1) is 6.92 Å². The van der Waals surface area contributed by atoms with Gasteiger partial charge in [0.25, 0.3) is 0 Å². The summed E-state index contributed by atoms with van der Waals surface area (Å²) in [6, 6.07) is 7.14. The summed E-state index contributed by atoms with van der Waals surface area (Å²) in [5, 5.41) is 1.71. The summed E-state index contributed by atoms with van der Waals surface area (Å²) >= 11 is 14.3. The zero-order valence-electron chi connectivity index (χ0n) is 14.2. The van der Waals surface area contributed by atoms with Crippen LogP contribution >= 0.6 is 34.5 Å². The van der Waals surface area contributed by atoms with E-state index in [1.165, 1.54) is 11.3 Å². The van der Waals surface area contributed by atoms with Crippen molar-refractivity contribution in [3.05, 3.63) is 51.8 Å².